The van der Waals surface area contributed by atoms with E-state index in [1.165, 1.54) is 6.92 Å². The van der Waals surface area contributed by atoms with E-state index in [0.717, 1.165) is 12.0 Å². The summed E-state index contributed by atoms with van der Waals surface area (Å²) in [5.74, 6) is -9.52. The van der Waals surface area contributed by atoms with Gasteiger partial charge in [0.2, 0.25) is 0 Å². The van der Waals surface area contributed by atoms with Crippen LogP contribution in [0.2, 0.25) is 0 Å². The number of likely N-dealkylation sites (N-methyl/N-ethyl adjacent to an activating group) is 1. The molecule has 0 saturated heterocycles. The molecule has 4 nitrogen and oxygen atoms in total. The zero-order chi connectivity index (χ0) is 15.4. The second-order valence-electron chi connectivity index (χ2n) is 3.74. The minimum absolute atomic E-state index is 0.0337. The quantitative estimate of drug-likeness (QED) is 0.368. The number of rotatable bonds is 4. The number of methoxy groups -OCH3 is 1. The molecule has 0 N–H and O–H groups in total. The van der Waals surface area contributed by atoms with Crippen LogP contribution in [0.5, 0.6) is 0 Å². The molecule has 0 bridgehead atoms. The Labute approximate surface area is 111 Å². The van der Waals surface area contributed by atoms with Crippen LogP contribution in [-0.4, -0.2) is 37.0 Å². The van der Waals surface area contributed by atoms with E-state index in [1.54, 1.807) is 0 Å². The van der Waals surface area contributed by atoms with E-state index in [2.05, 4.69) is 4.74 Å². The van der Waals surface area contributed by atoms with Crippen molar-refractivity contribution in [3.05, 3.63) is 34.9 Å². The highest BCUT2D eigenvalue weighted by atomic mass is 19.2. The summed E-state index contributed by atoms with van der Waals surface area (Å²) in [5, 5.41) is 0. The molecule has 110 valence electrons. The Hall–Kier alpha value is -2.12. The Morgan fingerprint density at radius 2 is 1.75 bits per heavy atom. The van der Waals surface area contributed by atoms with E-state index in [-0.39, 0.29) is 12.6 Å². The Morgan fingerprint density at radius 1 is 1.15 bits per heavy atom. The number of halogens is 4. The molecule has 0 fully saturated rings. The minimum atomic E-state index is -2.08. The van der Waals surface area contributed by atoms with Gasteiger partial charge in [-0.05, 0) is 13.0 Å². The number of nitrogens with zero attached hydrogens (tertiary/aromatic N) is 1. The van der Waals surface area contributed by atoms with Crippen LogP contribution in [0, 0.1) is 23.3 Å². The molecule has 8 heteroatoms. The summed E-state index contributed by atoms with van der Waals surface area (Å²) in [7, 11) is 1.08. The zero-order valence-corrected chi connectivity index (χ0v) is 10.7. The molecular formula is C12H11F4NO3. The van der Waals surface area contributed by atoms with Crippen molar-refractivity contribution >= 4 is 11.9 Å². The van der Waals surface area contributed by atoms with E-state index in [9.17, 15) is 27.2 Å². The average Bonchev–Trinajstić information content (AvgIpc) is 2.45. The molecule has 0 heterocycles. The average molecular weight is 293 g/mol. The van der Waals surface area contributed by atoms with Gasteiger partial charge in [-0.1, -0.05) is 0 Å². The third kappa shape index (κ3) is 3.06. The summed E-state index contributed by atoms with van der Waals surface area (Å²) in [6.45, 7) is 0.912. The second kappa shape index (κ2) is 6.36. The Bertz CT molecular complexity index is 548. The van der Waals surface area contributed by atoms with Crippen molar-refractivity contribution in [2.45, 2.75) is 6.92 Å². The van der Waals surface area contributed by atoms with Crippen LogP contribution in [0.4, 0.5) is 17.6 Å². The van der Waals surface area contributed by atoms with E-state index >= 15 is 0 Å². The fraction of sp³-hybridized carbons (Fsp3) is 0.333. The third-order valence-electron chi connectivity index (χ3n) is 2.55. The number of hydrogen-bond acceptors (Lipinski definition) is 3. The summed E-state index contributed by atoms with van der Waals surface area (Å²) >= 11 is 0. The number of benzene rings is 1. The summed E-state index contributed by atoms with van der Waals surface area (Å²) in [4.78, 5) is 23.8. The molecule has 0 aliphatic carbocycles. The third-order valence-corrected chi connectivity index (χ3v) is 2.55. The summed E-state index contributed by atoms with van der Waals surface area (Å²) in [5.41, 5.74) is -0.993. The predicted molar refractivity (Wildman–Crippen MR) is 59.9 cm³/mol. The maximum atomic E-state index is 13.5. The topological polar surface area (TPSA) is 46.6 Å². The molecule has 20 heavy (non-hydrogen) atoms. The minimum Gasteiger partial charge on any atom is -0.468 e. The highest BCUT2D eigenvalue weighted by molar-refractivity contribution is 5.96. The molecule has 1 aromatic rings. The Kier molecular flexibility index (Phi) is 5.06. The number of hydrogen-bond donors (Lipinski definition) is 0. The van der Waals surface area contributed by atoms with Gasteiger partial charge in [0.25, 0.3) is 5.91 Å². The number of carbonyl (C=O) groups is 2. The van der Waals surface area contributed by atoms with Gasteiger partial charge in [-0.3, -0.25) is 9.59 Å². The van der Waals surface area contributed by atoms with Crippen molar-refractivity contribution in [2.75, 3.05) is 20.2 Å². The van der Waals surface area contributed by atoms with Crippen molar-refractivity contribution in [1.29, 1.82) is 0 Å². The van der Waals surface area contributed by atoms with E-state index in [1.807, 2.05) is 0 Å². The highest BCUT2D eigenvalue weighted by Crippen LogP contribution is 2.20. The highest BCUT2D eigenvalue weighted by Gasteiger charge is 2.26. The van der Waals surface area contributed by atoms with E-state index in [0.29, 0.717) is 0 Å². The largest absolute Gasteiger partial charge is 0.468 e. The van der Waals surface area contributed by atoms with Gasteiger partial charge in [0.15, 0.2) is 23.3 Å². The van der Waals surface area contributed by atoms with Crippen LogP contribution in [0.25, 0.3) is 0 Å². The van der Waals surface area contributed by atoms with Crippen molar-refractivity contribution < 1.29 is 31.9 Å². The first-order valence-electron chi connectivity index (χ1n) is 5.52. The van der Waals surface area contributed by atoms with E-state index < -0.39 is 47.3 Å². The second-order valence-corrected chi connectivity index (χ2v) is 3.74. The van der Waals surface area contributed by atoms with Gasteiger partial charge in [-0.15, -0.1) is 0 Å². The van der Waals surface area contributed by atoms with Crippen LogP contribution in [0.1, 0.15) is 17.3 Å². The molecule has 0 saturated carbocycles. The molecular weight excluding hydrogens is 282 g/mol. The molecule has 1 aromatic carbocycles. The van der Waals surface area contributed by atoms with Crippen LogP contribution in [0.15, 0.2) is 6.07 Å². The smallest absolute Gasteiger partial charge is 0.325 e. The number of amides is 1. The molecule has 0 unspecified atom stereocenters. The number of carbonyl (C=O) groups excluding carboxylic acids is 2. The summed E-state index contributed by atoms with van der Waals surface area (Å²) in [6, 6.07) is 0.246. The summed E-state index contributed by atoms with van der Waals surface area (Å²) < 4.78 is 56.7. The first-order valence-corrected chi connectivity index (χ1v) is 5.52. The maximum absolute atomic E-state index is 13.5. The lowest BCUT2D eigenvalue weighted by atomic mass is 10.1. The first kappa shape index (κ1) is 15.9. The lowest BCUT2D eigenvalue weighted by Gasteiger charge is -2.19. The van der Waals surface area contributed by atoms with Crippen molar-refractivity contribution in [3.63, 3.8) is 0 Å². The molecule has 0 spiro atoms. The molecule has 0 radical (unpaired) electrons. The molecule has 0 aliphatic heterocycles. The fourth-order valence-electron chi connectivity index (χ4n) is 1.45. The lowest BCUT2D eigenvalue weighted by molar-refractivity contribution is -0.141. The molecule has 1 amide bonds. The van der Waals surface area contributed by atoms with Gasteiger partial charge in [-0.25, -0.2) is 17.6 Å². The molecule has 0 aromatic heterocycles. The molecule has 0 atom stereocenters. The monoisotopic (exact) mass is 293 g/mol. The van der Waals surface area contributed by atoms with Crippen LogP contribution in [0.3, 0.4) is 0 Å². The van der Waals surface area contributed by atoms with Gasteiger partial charge < -0.3 is 9.64 Å². The van der Waals surface area contributed by atoms with Gasteiger partial charge in [0.1, 0.15) is 6.54 Å². The fourth-order valence-corrected chi connectivity index (χ4v) is 1.45. The van der Waals surface area contributed by atoms with Crippen LogP contribution >= 0.6 is 0 Å². The SMILES string of the molecule is CCN(CC(=O)OC)C(=O)c1cc(F)c(F)c(F)c1F. The van der Waals surface area contributed by atoms with Gasteiger partial charge in [0, 0.05) is 6.54 Å². The Morgan fingerprint density at radius 3 is 2.25 bits per heavy atom. The summed E-state index contributed by atoms with van der Waals surface area (Å²) in [6.07, 6.45) is 0. The van der Waals surface area contributed by atoms with Crippen molar-refractivity contribution in [2.24, 2.45) is 0 Å². The number of ether oxygens (including phenoxy) is 1. The van der Waals surface area contributed by atoms with Gasteiger partial charge >= 0.3 is 5.97 Å². The number of esters is 1. The van der Waals surface area contributed by atoms with Crippen molar-refractivity contribution in [3.8, 4) is 0 Å². The van der Waals surface area contributed by atoms with Crippen LogP contribution in [-0.2, 0) is 9.53 Å². The van der Waals surface area contributed by atoms with Crippen molar-refractivity contribution in [1.82, 2.24) is 4.90 Å². The van der Waals surface area contributed by atoms with Crippen LogP contribution < -0.4 is 0 Å². The normalized spacial score (nSPS) is 10.3. The Balaban J connectivity index is 3.16. The first-order chi connectivity index (χ1) is 9.33. The standard InChI is InChI=1S/C12H11F4NO3/c1-3-17(5-8(18)20-2)12(19)6-4-7(13)10(15)11(16)9(6)14/h4H,3,5H2,1-2H3. The zero-order valence-electron chi connectivity index (χ0n) is 10.7. The predicted octanol–water partition coefficient (Wildman–Crippen LogP) is 1.88. The van der Waals surface area contributed by atoms with E-state index in [4.69, 9.17) is 0 Å². The molecule has 0 aliphatic rings. The maximum Gasteiger partial charge on any atom is 0.325 e. The molecule has 1 rings (SSSR count). The van der Waals surface area contributed by atoms with Gasteiger partial charge in [0.05, 0.1) is 12.7 Å². The van der Waals surface area contributed by atoms with Gasteiger partial charge in [-0.2, -0.15) is 0 Å². The lowest BCUT2D eigenvalue weighted by Crippen LogP contribution is -2.36.